The first-order chi connectivity index (χ1) is 8.56. The summed E-state index contributed by atoms with van der Waals surface area (Å²) in [6.45, 7) is 4.12. The molecule has 4 heteroatoms. The van der Waals surface area contributed by atoms with E-state index in [2.05, 4.69) is 53.2 Å². The number of hydrogen-bond acceptors (Lipinski definition) is 3. The molecule has 0 saturated carbocycles. The van der Waals surface area contributed by atoms with Crippen LogP contribution in [0.2, 0.25) is 0 Å². The minimum Gasteiger partial charge on any atom is -0.488 e. The monoisotopic (exact) mass is 312 g/mol. The van der Waals surface area contributed by atoms with E-state index < -0.39 is 0 Å². The predicted octanol–water partition coefficient (Wildman–Crippen LogP) is 2.29. The summed E-state index contributed by atoms with van der Waals surface area (Å²) in [5.74, 6) is 1.03. The van der Waals surface area contributed by atoms with Gasteiger partial charge in [-0.05, 0) is 44.8 Å². The number of ether oxygens (including phenoxy) is 1. The average Bonchev–Trinajstić information content (AvgIpc) is 2.70. The van der Waals surface area contributed by atoms with Crippen LogP contribution in [0, 0.1) is 0 Å². The molecule has 100 valence electrons. The van der Waals surface area contributed by atoms with Gasteiger partial charge < -0.3 is 15.0 Å². The van der Waals surface area contributed by atoms with Crippen LogP contribution >= 0.6 is 15.9 Å². The molecule has 2 unspecified atom stereocenters. The fourth-order valence-corrected chi connectivity index (χ4v) is 2.45. The van der Waals surface area contributed by atoms with Crippen molar-refractivity contribution < 1.29 is 4.74 Å². The first kappa shape index (κ1) is 13.8. The zero-order valence-corrected chi connectivity index (χ0v) is 12.8. The highest BCUT2D eigenvalue weighted by molar-refractivity contribution is 9.10. The van der Waals surface area contributed by atoms with E-state index in [0.717, 1.165) is 29.7 Å². The largest absolute Gasteiger partial charge is 0.488 e. The van der Waals surface area contributed by atoms with Crippen molar-refractivity contribution >= 4 is 15.9 Å². The van der Waals surface area contributed by atoms with Gasteiger partial charge in [-0.1, -0.05) is 15.9 Å². The van der Waals surface area contributed by atoms with Gasteiger partial charge in [0.05, 0.1) is 0 Å². The van der Waals surface area contributed by atoms with E-state index in [1.165, 1.54) is 5.56 Å². The molecule has 0 radical (unpaired) electrons. The van der Waals surface area contributed by atoms with Crippen LogP contribution in [0.15, 0.2) is 22.7 Å². The van der Waals surface area contributed by atoms with Gasteiger partial charge in [-0.25, -0.2) is 0 Å². The Morgan fingerprint density at radius 2 is 2.28 bits per heavy atom. The summed E-state index contributed by atoms with van der Waals surface area (Å²) in [5, 5.41) is 3.48. The highest BCUT2D eigenvalue weighted by atomic mass is 79.9. The van der Waals surface area contributed by atoms with Crippen molar-refractivity contribution in [1.29, 1.82) is 0 Å². The molecule has 2 rings (SSSR count). The fourth-order valence-electron chi connectivity index (χ4n) is 2.04. The molecule has 18 heavy (non-hydrogen) atoms. The number of nitrogens with zero attached hydrogens (tertiary/aromatic N) is 1. The van der Waals surface area contributed by atoms with Crippen LogP contribution in [-0.2, 0) is 6.42 Å². The first-order valence-electron chi connectivity index (χ1n) is 6.38. The first-order valence-corrected chi connectivity index (χ1v) is 7.18. The van der Waals surface area contributed by atoms with Crippen molar-refractivity contribution in [3.05, 3.63) is 28.2 Å². The Morgan fingerprint density at radius 3 is 3.00 bits per heavy atom. The lowest BCUT2D eigenvalue weighted by molar-refractivity contribution is 0.219. The van der Waals surface area contributed by atoms with E-state index in [0.29, 0.717) is 6.04 Å². The van der Waals surface area contributed by atoms with Gasteiger partial charge in [-0.2, -0.15) is 0 Å². The second-order valence-corrected chi connectivity index (χ2v) is 6.08. The minimum atomic E-state index is 0.267. The van der Waals surface area contributed by atoms with Gasteiger partial charge in [-0.3, -0.25) is 0 Å². The van der Waals surface area contributed by atoms with Crippen LogP contribution in [0.5, 0.6) is 5.75 Å². The van der Waals surface area contributed by atoms with E-state index in [-0.39, 0.29) is 6.10 Å². The van der Waals surface area contributed by atoms with Crippen LogP contribution in [-0.4, -0.2) is 44.2 Å². The SMILES string of the molecule is CC(CNCC1Cc2cc(Br)ccc2O1)N(C)C. The molecule has 1 N–H and O–H groups in total. The molecule has 0 aliphatic carbocycles. The maximum absolute atomic E-state index is 5.91. The lowest BCUT2D eigenvalue weighted by Gasteiger charge is -2.21. The number of likely N-dealkylation sites (N-methyl/N-ethyl adjacent to an activating group) is 1. The molecular weight excluding hydrogens is 292 g/mol. The topological polar surface area (TPSA) is 24.5 Å². The quantitative estimate of drug-likeness (QED) is 0.903. The molecule has 3 nitrogen and oxygen atoms in total. The van der Waals surface area contributed by atoms with Crippen molar-refractivity contribution in [2.24, 2.45) is 0 Å². The summed E-state index contributed by atoms with van der Waals surface area (Å²) in [4.78, 5) is 2.22. The summed E-state index contributed by atoms with van der Waals surface area (Å²) >= 11 is 3.50. The molecule has 1 heterocycles. The minimum absolute atomic E-state index is 0.267. The van der Waals surface area contributed by atoms with Crippen molar-refractivity contribution in [3.63, 3.8) is 0 Å². The van der Waals surface area contributed by atoms with Gasteiger partial charge >= 0.3 is 0 Å². The smallest absolute Gasteiger partial charge is 0.123 e. The third kappa shape index (κ3) is 3.46. The summed E-state index contributed by atoms with van der Waals surface area (Å²) in [6.07, 6.45) is 1.27. The molecule has 0 bridgehead atoms. The van der Waals surface area contributed by atoms with E-state index in [9.17, 15) is 0 Å². The summed E-state index contributed by atoms with van der Waals surface area (Å²) < 4.78 is 7.03. The number of nitrogens with one attached hydrogen (secondary N) is 1. The molecule has 1 aromatic carbocycles. The summed E-state index contributed by atoms with van der Waals surface area (Å²) in [5.41, 5.74) is 1.30. The number of fused-ring (bicyclic) bond motifs is 1. The van der Waals surface area contributed by atoms with Crippen molar-refractivity contribution in [3.8, 4) is 5.75 Å². The number of rotatable bonds is 5. The van der Waals surface area contributed by atoms with Crippen molar-refractivity contribution in [1.82, 2.24) is 10.2 Å². The molecule has 0 fully saturated rings. The number of benzene rings is 1. The zero-order valence-electron chi connectivity index (χ0n) is 11.2. The maximum Gasteiger partial charge on any atom is 0.123 e. The molecule has 1 aromatic rings. The lowest BCUT2D eigenvalue weighted by Crippen LogP contribution is -2.39. The second-order valence-electron chi connectivity index (χ2n) is 5.17. The van der Waals surface area contributed by atoms with E-state index >= 15 is 0 Å². The van der Waals surface area contributed by atoms with Crippen molar-refractivity contribution in [2.75, 3.05) is 27.2 Å². The molecule has 1 aliphatic rings. The molecule has 0 amide bonds. The van der Waals surface area contributed by atoms with Crippen LogP contribution in [0.4, 0.5) is 0 Å². The Balaban J connectivity index is 1.78. The molecule has 0 aromatic heterocycles. The average molecular weight is 313 g/mol. The Kier molecular flexibility index (Phi) is 4.65. The molecule has 2 atom stereocenters. The van der Waals surface area contributed by atoms with Gasteiger partial charge in [-0.15, -0.1) is 0 Å². The molecule has 0 spiro atoms. The van der Waals surface area contributed by atoms with Crippen LogP contribution in [0.25, 0.3) is 0 Å². The summed E-state index contributed by atoms with van der Waals surface area (Å²) in [6, 6.07) is 6.77. The molecule has 1 aliphatic heterocycles. The lowest BCUT2D eigenvalue weighted by atomic mass is 10.1. The number of halogens is 1. The predicted molar refractivity (Wildman–Crippen MR) is 78.3 cm³/mol. The Hall–Kier alpha value is -0.580. The molecular formula is C14H21BrN2O. The van der Waals surface area contributed by atoms with Crippen LogP contribution in [0.3, 0.4) is 0 Å². The summed E-state index contributed by atoms with van der Waals surface area (Å²) in [7, 11) is 4.21. The molecule has 0 saturated heterocycles. The standard InChI is InChI=1S/C14H21BrN2O/c1-10(17(2)3)8-16-9-13-7-11-6-12(15)4-5-14(11)18-13/h4-6,10,13,16H,7-9H2,1-3H3. The Labute approximate surface area is 118 Å². The third-order valence-electron chi connectivity index (χ3n) is 3.46. The second kappa shape index (κ2) is 6.04. The highest BCUT2D eigenvalue weighted by Crippen LogP contribution is 2.30. The third-order valence-corrected chi connectivity index (χ3v) is 3.95. The van der Waals surface area contributed by atoms with E-state index in [1.807, 2.05) is 12.1 Å². The Morgan fingerprint density at radius 1 is 1.50 bits per heavy atom. The highest BCUT2D eigenvalue weighted by Gasteiger charge is 2.22. The van der Waals surface area contributed by atoms with Gasteiger partial charge in [0.1, 0.15) is 11.9 Å². The zero-order chi connectivity index (χ0) is 13.1. The normalized spacial score (nSPS) is 19.7. The van der Waals surface area contributed by atoms with Crippen molar-refractivity contribution in [2.45, 2.75) is 25.5 Å². The van der Waals surface area contributed by atoms with E-state index in [4.69, 9.17) is 4.74 Å². The Bertz CT molecular complexity index is 409. The van der Waals surface area contributed by atoms with Gasteiger partial charge in [0.25, 0.3) is 0 Å². The van der Waals surface area contributed by atoms with Crippen LogP contribution < -0.4 is 10.1 Å². The number of hydrogen-bond donors (Lipinski definition) is 1. The van der Waals surface area contributed by atoms with Gasteiger partial charge in [0.15, 0.2) is 0 Å². The van der Waals surface area contributed by atoms with Crippen LogP contribution in [0.1, 0.15) is 12.5 Å². The maximum atomic E-state index is 5.91. The van der Waals surface area contributed by atoms with Gasteiger partial charge in [0.2, 0.25) is 0 Å². The van der Waals surface area contributed by atoms with E-state index in [1.54, 1.807) is 0 Å². The fraction of sp³-hybridized carbons (Fsp3) is 0.571. The van der Waals surface area contributed by atoms with Gasteiger partial charge in [0, 0.05) is 30.0 Å².